The number of nitrogens with two attached hydrogens (primary N) is 1. The lowest BCUT2D eigenvalue weighted by molar-refractivity contribution is -0.128. The molecule has 2 N–H and O–H groups in total. The van der Waals surface area contributed by atoms with Gasteiger partial charge >= 0.3 is 0 Å². The van der Waals surface area contributed by atoms with Crippen LogP contribution in [-0.2, 0) is 16.0 Å². The van der Waals surface area contributed by atoms with Crippen molar-refractivity contribution in [2.45, 2.75) is 31.5 Å². The Balaban J connectivity index is 1.93. The van der Waals surface area contributed by atoms with Gasteiger partial charge in [-0.05, 0) is 40.4 Å². The molecule has 5 heteroatoms. The first-order valence-corrected chi connectivity index (χ1v) is 6.46. The third-order valence-corrected chi connectivity index (χ3v) is 3.30. The van der Waals surface area contributed by atoms with Crippen LogP contribution in [-0.4, -0.2) is 29.5 Å². The molecule has 0 spiro atoms. The van der Waals surface area contributed by atoms with Gasteiger partial charge in [-0.3, -0.25) is 9.78 Å². The fourth-order valence-corrected chi connectivity index (χ4v) is 2.40. The topological polar surface area (TPSA) is 65.2 Å². The van der Waals surface area contributed by atoms with E-state index in [-0.39, 0.29) is 18.0 Å². The molecule has 1 aliphatic heterocycles. The molecule has 2 unspecified atom stereocenters. The number of pyridine rings is 1. The number of carbonyl (C=O) groups excluding carboxylic acids is 1. The molecule has 0 saturated carbocycles. The summed E-state index contributed by atoms with van der Waals surface area (Å²) < 4.78 is 6.45. The zero-order valence-corrected chi connectivity index (χ0v) is 11.0. The Labute approximate surface area is 109 Å². The molecule has 2 heterocycles. The third-order valence-electron chi connectivity index (χ3n) is 2.87. The molecule has 0 amide bonds. The summed E-state index contributed by atoms with van der Waals surface area (Å²) in [6, 6.07) is 1.90. The van der Waals surface area contributed by atoms with Crippen LogP contribution in [0.15, 0.2) is 22.9 Å². The van der Waals surface area contributed by atoms with Gasteiger partial charge < -0.3 is 10.5 Å². The summed E-state index contributed by atoms with van der Waals surface area (Å²) in [5.74, 6) is 0.112. The number of hydrogen-bond donors (Lipinski definition) is 1. The van der Waals surface area contributed by atoms with Crippen molar-refractivity contribution < 1.29 is 9.53 Å². The highest BCUT2D eigenvalue weighted by atomic mass is 79.9. The van der Waals surface area contributed by atoms with Crippen LogP contribution in [0.5, 0.6) is 0 Å². The summed E-state index contributed by atoms with van der Waals surface area (Å²) in [5.41, 5.74) is 6.42. The van der Waals surface area contributed by atoms with E-state index < -0.39 is 0 Å². The van der Waals surface area contributed by atoms with Gasteiger partial charge in [0.15, 0.2) is 5.78 Å². The smallest absolute Gasteiger partial charge is 0.165 e. The number of rotatable bonds is 4. The van der Waals surface area contributed by atoms with Crippen LogP contribution in [0.2, 0.25) is 0 Å². The van der Waals surface area contributed by atoms with Crippen LogP contribution in [0, 0.1) is 0 Å². The monoisotopic (exact) mass is 298 g/mol. The van der Waals surface area contributed by atoms with E-state index in [2.05, 4.69) is 20.9 Å². The molecule has 1 aliphatic rings. The molecule has 0 radical (unpaired) electrons. The largest absolute Gasteiger partial charge is 0.366 e. The highest BCUT2D eigenvalue weighted by molar-refractivity contribution is 9.10. The van der Waals surface area contributed by atoms with Crippen molar-refractivity contribution >= 4 is 21.7 Å². The van der Waals surface area contributed by atoms with Gasteiger partial charge in [0.2, 0.25) is 0 Å². The lowest BCUT2D eigenvalue weighted by Gasteiger charge is -2.11. The minimum Gasteiger partial charge on any atom is -0.366 e. The summed E-state index contributed by atoms with van der Waals surface area (Å²) in [7, 11) is 0. The fraction of sp³-hybridized carbons (Fsp3) is 0.500. The molecule has 2 atom stereocenters. The highest BCUT2D eigenvalue weighted by Gasteiger charge is 2.29. The molecule has 0 aliphatic carbocycles. The van der Waals surface area contributed by atoms with Crippen LogP contribution in [0.1, 0.15) is 18.4 Å². The lowest BCUT2D eigenvalue weighted by atomic mass is 10.0. The van der Waals surface area contributed by atoms with Gasteiger partial charge in [-0.25, -0.2) is 0 Å². The molecule has 92 valence electrons. The molecule has 4 nitrogen and oxygen atoms in total. The van der Waals surface area contributed by atoms with Crippen molar-refractivity contribution in [1.29, 1.82) is 0 Å². The fourth-order valence-electron chi connectivity index (χ4n) is 1.98. The Bertz CT molecular complexity index is 411. The Hall–Kier alpha value is -0.780. The summed E-state index contributed by atoms with van der Waals surface area (Å²) in [5, 5.41) is 0. The van der Waals surface area contributed by atoms with Crippen LogP contribution < -0.4 is 5.73 Å². The van der Waals surface area contributed by atoms with Crippen molar-refractivity contribution in [1.82, 2.24) is 4.98 Å². The van der Waals surface area contributed by atoms with E-state index in [0.29, 0.717) is 13.0 Å². The summed E-state index contributed by atoms with van der Waals surface area (Å²) in [4.78, 5) is 16.0. The van der Waals surface area contributed by atoms with E-state index in [1.807, 2.05) is 6.07 Å². The second kappa shape index (κ2) is 5.71. The van der Waals surface area contributed by atoms with E-state index in [9.17, 15) is 4.79 Å². The van der Waals surface area contributed by atoms with Gasteiger partial charge in [0, 0.05) is 29.8 Å². The average molecular weight is 299 g/mol. The predicted octanol–water partition coefficient (Wildman–Crippen LogP) is 1.46. The van der Waals surface area contributed by atoms with Gasteiger partial charge in [0.25, 0.3) is 0 Å². The molecule has 1 aromatic rings. The highest BCUT2D eigenvalue weighted by Crippen LogP contribution is 2.21. The molecular formula is C12H15BrN2O2. The first kappa shape index (κ1) is 12.7. The normalized spacial score (nSPS) is 23.9. The number of ketones is 1. The summed E-state index contributed by atoms with van der Waals surface area (Å²) in [6.07, 6.45) is 5.19. The molecule has 1 fully saturated rings. The number of aromatic nitrogens is 1. The van der Waals surface area contributed by atoms with E-state index in [0.717, 1.165) is 22.9 Å². The Morgan fingerprint density at radius 2 is 2.35 bits per heavy atom. The van der Waals surface area contributed by atoms with E-state index in [1.165, 1.54) is 0 Å². The van der Waals surface area contributed by atoms with Crippen LogP contribution >= 0.6 is 15.9 Å². The number of carbonyl (C=O) groups is 1. The second-order valence-electron chi connectivity index (χ2n) is 4.21. The van der Waals surface area contributed by atoms with Crippen LogP contribution in [0.3, 0.4) is 0 Å². The van der Waals surface area contributed by atoms with Crippen LogP contribution in [0.4, 0.5) is 0 Å². The van der Waals surface area contributed by atoms with Crippen molar-refractivity contribution in [3.63, 3.8) is 0 Å². The SMILES string of the molecule is NCC1CCC(C(=O)Cc2cncc(Br)c2)O1. The van der Waals surface area contributed by atoms with Gasteiger partial charge in [0.05, 0.1) is 6.10 Å². The molecule has 0 aromatic carbocycles. The first-order chi connectivity index (χ1) is 8.19. The maximum Gasteiger partial charge on any atom is 0.165 e. The molecule has 1 saturated heterocycles. The number of nitrogens with zero attached hydrogens (tertiary/aromatic N) is 1. The van der Waals surface area contributed by atoms with Gasteiger partial charge in [-0.15, -0.1) is 0 Å². The number of Topliss-reactive ketones (excluding diaryl/α,β-unsaturated/α-hetero) is 1. The first-order valence-electron chi connectivity index (χ1n) is 5.66. The van der Waals surface area contributed by atoms with E-state index >= 15 is 0 Å². The Morgan fingerprint density at radius 1 is 1.53 bits per heavy atom. The third kappa shape index (κ3) is 3.34. The zero-order valence-electron chi connectivity index (χ0n) is 9.43. The molecular weight excluding hydrogens is 284 g/mol. The molecule has 1 aromatic heterocycles. The van der Waals surface area contributed by atoms with Gasteiger partial charge in [0.1, 0.15) is 6.10 Å². The van der Waals surface area contributed by atoms with E-state index in [4.69, 9.17) is 10.5 Å². The predicted molar refractivity (Wildman–Crippen MR) is 67.6 cm³/mol. The quantitative estimate of drug-likeness (QED) is 0.914. The van der Waals surface area contributed by atoms with E-state index in [1.54, 1.807) is 12.4 Å². The summed E-state index contributed by atoms with van der Waals surface area (Å²) >= 11 is 3.33. The minimum absolute atomic E-state index is 0.0459. The minimum atomic E-state index is -0.289. The molecule has 17 heavy (non-hydrogen) atoms. The van der Waals surface area contributed by atoms with Crippen molar-refractivity contribution in [2.75, 3.05) is 6.54 Å². The lowest BCUT2D eigenvalue weighted by Crippen LogP contribution is -2.26. The maximum absolute atomic E-state index is 12.0. The number of halogens is 1. The molecule has 0 bridgehead atoms. The summed E-state index contributed by atoms with van der Waals surface area (Å²) in [6.45, 7) is 0.488. The number of ether oxygens (including phenoxy) is 1. The second-order valence-corrected chi connectivity index (χ2v) is 5.13. The average Bonchev–Trinajstić information content (AvgIpc) is 2.77. The Kier molecular flexibility index (Phi) is 4.25. The Morgan fingerprint density at radius 3 is 3.00 bits per heavy atom. The molecule has 2 rings (SSSR count). The number of hydrogen-bond acceptors (Lipinski definition) is 4. The van der Waals surface area contributed by atoms with Gasteiger partial charge in [-0.2, -0.15) is 0 Å². The maximum atomic E-state index is 12.0. The van der Waals surface area contributed by atoms with Crippen molar-refractivity contribution in [3.8, 4) is 0 Å². The van der Waals surface area contributed by atoms with Gasteiger partial charge in [-0.1, -0.05) is 0 Å². The standard InChI is InChI=1S/C12H15BrN2O2/c13-9-3-8(6-15-7-9)4-11(16)12-2-1-10(5-14)17-12/h3,6-7,10,12H,1-2,4-5,14H2. The van der Waals surface area contributed by atoms with Crippen molar-refractivity contribution in [2.24, 2.45) is 5.73 Å². The van der Waals surface area contributed by atoms with Crippen LogP contribution in [0.25, 0.3) is 0 Å². The van der Waals surface area contributed by atoms with Crippen molar-refractivity contribution in [3.05, 3.63) is 28.5 Å². The zero-order chi connectivity index (χ0) is 12.3.